The van der Waals surface area contributed by atoms with E-state index in [1.54, 1.807) is 0 Å². The molecule has 0 aromatic heterocycles. The monoisotopic (exact) mass is 138 g/mol. The Kier molecular flexibility index (Phi) is 2.10. The number of oxime groups is 1. The molecule has 3 N–H and O–H groups in total. The molecule has 0 aromatic carbocycles. The Morgan fingerprint density at radius 2 is 2.40 bits per heavy atom. The summed E-state index contributed by atoms with van der Waals surface area (Å²) in [6.45, 7) is 0. The van der Waals surface area contributed by atoms with Crippen molar-refractivity contribution in [3.05, 3.63) is 23.8 Å². The highest BCUT2D eigenvalue weighted by Gasteiger charge is 2.00. The van der Waals surface area contributed by atoms with Crippen molar-refractivity contribution in [1.82, 2.24) is 0 Å². The number of rotatable bonds is 1. The van der Waals surface area contributed by atoms with Crippen molar-refractivity contribution < 1.29 is 5.21 Å². The molecule has 1 aliphatic rings. The second-order valence-corrected chi connectivity index (χ2v) is 2.12. The van der Waals surface area contributed by atoms with Crippen molar-refractivity contribution in [3.63, 3.8) is 0 Å². The summed E-state index contributed by atoms with van der Waals surface area (Å²) in [4.78, 5) is 0. The van der Waals surface area contributed by atoms with Crippen molar-refractivity contribution in [2.45, 2.75) is 12.8 Å². The first-order valence-electron chi connectivity index (χ1n) is 3.19. The summed E-state index contributed by atoms with van der Waals surface area (Å²) in [7, 11) is 0. The molecule has 0 unspecified atom stereocenters. The van der Waals surface area contributed by atoms with Crippen LogP contribution >= 0.6 is 0 Å². The smallest absolute Gasteiger partial charge is 0.169 e. The molecule has 0 aliphatic heterocycles. The fraction of sp³-hybridized carbons (Fsp3) is 0.286. The Balaban J connectivity index is 2.72. The summed E-state index contributed by atoms with van der Waals surface area (Å²) in [5.41, 5.74) is 6.14. The molecule has 0 heterocycles. The normalized spacial score (nSPS) is 18.8. The third kappa shape index (κ3) is 1.37. The van der Waals surface area contributed by atoms with Crippen LogP contribution in [0.25, 0.3) is 0 Å². The van der Waals surface area contributed by atoms with Gasteiger partial charge in [-0.2, -0.15) is 0 Å². The molecule has 3 nitrogen and oxygen atoms in total. The number of hydrogen-bond acceptors (Lipinski definition) is 2. The molecule has 0 saturated heterocycles. The predicted octanol–water partition coefficient (Wildman–Crippen LogP) is 1.01. The van der Waals surface area contributed by atoms with Gasteiger partial charge in [0.05, 0.1) is 0 Å². The van der Waals surface area contributed by atoms with Gasteiger partial charge in [0, 0.05) is 5.57 Å². The molecule has 0 fully saturated rings. The summed E-state index contributed by atoms with van der Waals surface area (Å²) in [6.07, 6.45) is 7.84. The molecule has 0 amide bonds. The van der Waals surface area contributed by atoms with Crippen LogP contribution in [0.15, 0.2) is 29.0 Å². The lowest BCUT2D eigenvalue weighted by molar-refractivity contribution is 0.318. The molecule has 0 bridgehead atoms. The maximum Gasteiger partial charge on any atom is 0.169 e. The van der Waals surface area contributed by atoms with Gasteiger partial charge in [-0.25, -0.2) is 0 Å². The van der Waals surface area contributed by atoms with E-state index in [4.69, 9.17) is 10.9 Å². The summed E-state index contributed by atoms with van der Waals surface area (Å²) in [5, 5.41) is 11.2. The summed E-state index contributed by atoms with van der Waals surface area (Å²) in [5.74, 6) is 0.191. The molecular formula is C7H10N2O. The first-order valence-corrected chi connectivity index (χ1v) is 3.19. The van der Waals surface area contributed by atoms with E-state index in [2.05, 4.69) is 5.16 Å². The van der Waals surface area contributed by atoms with Gasteiger partial charge in [-0.05, 0) is 12.8 Å². The van der Waals surface area contributed by atoms with Gasteiger partial charge >= 0.3 is 0 Å². The minimum Gasteiger partial charge on any atom is -0.409 e. The van der Waals surface area contributed by atoms with Crippen LogP contribution in [-0.2, 0) is 0 Å². The molecule has 3 heteroatoms. The Morgan fingerprint density at radius 3 is 2.90 bits per heavy atom. The second kappa shape index (κ2) is 3.06. The van der Waals surface area contributed by atoms with E-state index >= 15 is 0 Å². The minimum atomic E-state index is 0.191. The van der Waals surface area contributed by atoms with E-state index in [1.165, 1.54) is 0 Å². The highest BCUT2D eigenvalue weighted by molar-refractivity contribution is 5.99. The van der Waals surface area contributed by atoms with Crippen LogP contribution in [0.5, 0.6) is 0 Å². The number of hydrogen-bond donors (Lipinski definition) is 2. The number of nitrogens with zero attached hydrogens (tertiary/aromatic N) is 1. The van der Waals surface area contributed by atoms with Crippen LogP contribution in [0.4, 0.5) is 0 Å². The van der Waals surface area contributed by atoms with Crippen LogP contribution < -0.4 is 5.73 Å². The lowest BCUT2D eigenvalue weighted by Gasteiger charge is -2.02. The quantitative estimate of drug-likeness (QED) is 0.246. The largest absolute Gasteiger partial charge is 0.409 e. The Hall–Kier alpha value is -1.25. The first kappa shape index (κ1) is 6.86. The van der Waals surface area contributed by atoms with Crippen molar-refractivity contribution in [1.29, 1.82) is 0 Å². The SMILES string of the molecule is N/C(=N\O)C1=CCCC=C1. The van der Waals surface area contributed by atoms with E-state index < -0.39 is 0 Å². The van der Waals surface area contributed by atoms with Crippen molar-refractivity contribution in [2.75, 3.05) is 0 Å². The Bertz CT molecular complexity index is 204. The highest BCUT2D eigenvalue weighted by atomic mass is 16.4. The van der Waals surface area contributed by atoms with Crippen molar-refractivity contribution in [3.8, 4) is 0 Å². The predicted molar refractivity (Wildman–Crippen MR) is 39.9 cm³/mol. The van der Waals surface area contributed by atoms with Crippen molar-refractivity contribution >= 4 is 5.84 Å². The fourth-order valence-corrected chi connectivity index (χ4v) is 0.861. The third-order valence-electron chi connectivity index (χ3n) is 1.40. The van der Waals surface area contributed by atoms with E-state index in [0.717, 1.165) is 18.4 Å². The van der Waals surface area contributed by atoms with Gasteiger partial charge in [0.15, 0.2) is 5.84 Å². The summed E-state index contributed by atoms with van der Waals surface area (Å²) >= 11 is 0. The topological polar surface area (TPSA) is 58.6 Å². The zero-order chi connectivity index (χ0) is 7.40. The highest BCUT2D eigenvalue weighted by Crippen LogP contribution is 2.08. The molecule has 10 heavy (non-hydrogen) atoms. The second-order valence-electron chi connectivity index (χ2n) is 2.12. The number of nitrogens with two attached hydrogens (primary N) is 1. The van der Waals surface area contributed by atoms with E-state index in [0.29, 0.717) is 0 Å². The van der Waals surface area contributed by atoms with Gasteiger partial charge in [-0.3, -0.25) is 0 Å². The van der Waals surface area contributed by atoms with Crippen LogP contribution in [0, 0.1) is 0 Å². The zero-order valence-electron chi connectivity index (χ0n) is 5.62. The third-order valence-corrected chi connectivity index (χ3v) is 1.40. The van der Waals surface area contributed by atoms with E-state index in [9.17, 15) is 0 Å². The van der Waals surface area contributed by atoms with Crippen LogP contribution in [-0.4, -0.2) is 11.0 Å². The van der Waals surface area contributed by atoms with Crippen LogP contribution in [0.1, 0.15) is 12.8 Å². The van der Waals surface area contributed by atoms with E-state index in [-0.39, 0.29) is 5.84 Å². The molecule has 1 rings (SSSR count). The first-order chi connectivity index (χ1) is 4.84. The summed E-state index contributed by atoms with van der Waals surface area (Å²) in [6, 6.07) is 0. The van der Waals surface area contributed by atoms with Gasteiger partial charge in [0.1, 0.15) is 0 Å². The Labute approximate surface area is 59.5 Å². The molecule has 0 aromatic rings. The van der Waals surface area contributed by atoms with Gasteiger partial charge < -0.3 is 10.9 Å². The standard InChI is InChI=1S/C7H10N2O/c8-7(9-10)6-4-2-1-3-5-6/h2,4-5,10H,1,3H2,(H2,8,9). The minimum absolute atomic E-state index is 0.191. The Morgan fingerprint density at radius 1 is 1.60 bits per heavy atom. The molecular weight excluding hydrogens is 128 g/mol. The molecule has 0 spiro atoms. The fourth-order valence-electron chi connectivity index (χ4n) is 0.861. The summed E-state index contributed by atoms with van der Waals surface area (Å²) < 4.78 is 0. The van der Waals surface area contributed by atoms with Gasteiger partial charge in [-0.1, -0.05) is 23.4 Å². The van der Waals surface area contributed by atoms with Gasteiger partial charge in [0.25, 0.3) is 0 Å². The maximum atomic E-state index is 8.28. The zero-order valence-corrected chi connectivity index (χ0v) is 5.62. The van der Waals surface area contributed by atoms with Crippen LogP contribution in [0.3, 0.4) is 0 Å². The van der Waals surface area contributed by atoms with Crippen molar-refractivity contribution in [2.24, 2.45) is 10.9 Å². The lowest BCUT2D eigenvalue weighted by atomic mass is 10.1. The van der Waals surface area contributed by atoms with Crippen LogP contribution in [0.2, 0.25) is 0 Å². The maximum absolute atomic E-state index is 8.28. The number of allylic oxidation sites excluding steroid dienone is 2. The molecule has 0 radical (unpaired) electrons. The molecule has 0 saturated carbocycles. The average Bonchev–Trinajstić information content (AvgIpc) is 2.05. The molecule has 0 atom stereocenters. The van der Waals surface area contributed by atoms with Gasteiger partial charge in [0.2, 0.25) is 0 Å². The number of amidine groups is 1. The lowest BCUT2D eigenvalue weighted by Crippen LogP contribution is -2.14. The van der Waals surface area contributed by atoms with Gasteiger partial charge in [-0.15, -0.1) is 0 Å². The average molecular weight is 138 g/mol. The molecule has 1 aliphatic carbocycles. The van der Waals surface area contributed by atoms with E-state index in [1.807, 2.05) is 18.2 Å². The molecule has 54 valence electrons.